The van der Waals surface area contributed by atoms with Crippen LogP contribution in [0.2, 0.25) is 0 Å². The van der Waals surface area contributed by atoms with Crippen molar-refractivity contribution in [3.05, 3.63) is 65.7 Å². The van der Waals surface area contributed by atoms with Gasteiger partial charge in [0.05, 0.1) is 5.60 Å². The van der Waals surface area contributed by atoms with Gasteiger partial charge in [0, 0.05) is 19.3 Å². The standard InChI is InChI=1S/C21H29NO2/c1-5-21(23,17(2)15-22(3)4)19-12-9-13-20(14-19)24-16-18-10-7-6-8-11-18/h6-14,17,23H,5,15-16H2,1-4H3/t17-,21+/m0/s1/i1D3,5D2. The summed E-state index contributed by atoms with van der Waals surface area (Å²) in [6.45, 7) is -0.742. The van der Waals surface area contributed by atoms with Gasteiger partial charge >= 0.3 is 0 Å². The van der Waals surface area contributed by atoms with Crippen molar-refractivity contribution in [1.82, 2.24) is 4.90 Å². The van der Waals surface area contributed by atoms with Crippen LogP contribution in [0.4, 0.5) is 0 Å². The Kier molecular flexibility index (Phi) is 4.34. The third-order valence-electron chi connectivity index (χ3n) is 4.07. The molecule has 2 aromatic rings. The van der Waals surface area contributed by atoms with Gasteiger partial charge < -0.3 is 14.7 Å². The number of ether oxygens (including phenoxy) is 1. The normalized spacial score (nSPS) is 19.3. The molecule has 0 saturated heterocycles. The number of nitrogens with zero attached hydrogens (tertiary/aromatic N) is 1. The molecule has 0 radical (unpaired) electrons. The van der Waals surface area contributed by atoms with Crippen LogP contribution in [0.3, 0.4) is 0 Å². The number of rotatable bonds is 8. The van der Waals surface area contributed by atoms with Gasteiger partial charge in [-0.15, -0.1) is 0 Å². The summed E-state index contributed by atoms with van der Waals surface area (Å²) in [6, 6.07) is 16.0. The third kappa shape index (κ3) is 4.59. The summed E-state index contributed by atoms with van der Waals surface area (Å²) in [4.78, 5) is 1.79. The van der Waals surface area contributed by atoms with E-state index in [0.29, 0.717) is 18.9 Å². The Hall–Kier alpha value is -1.84. The Labute approximate surface area is 152 Å². The molecule has 0 aromatic heterocycles. The van der Waals surface area contributed by atoms with E-state index in [1.54, 1.807) is 44.1 Å². The number of aliphatic hydroxyl groups is 1. The van der Waals surface area contributed by atoms with Crippen molar-refractivity contribution in [3.63, 3.8) is 0 Å². The predicted molar refractivity (Wildman–Crippen MR) is 99.1 cm³/mol. The summed E-state index contributed by atoms with van der Waals surface area (Å²) in [7, 11) is 3.59. The Morgan fingerprint density at radius 1 is 1.21 bits per heavy atom. The molecule has 0 bridgehead atoms. The molecule has 0 spiro atoms. The highest BCUT2D eigenvalue weighted by Gasteiger charge is 2.34. The fraction of sp³-hybridized carbons (Fsp3) is 0.429. The van der Waals surface area contributed by atoms with E-state index >= 15 is 0 Å². The van der Waals surface area contributed by atoms with Crippen molar-refractivity contribution < 1.29 is 16.7 Å². The molecule has 0 fully saturated rings. The van der Waals surface area contributed by atoms with Gasteiger partial charge in [-0.1, -0.05) is 56.2 Å². The van der Waals surface area contributed by atoms with Crippen LogP contribution in [-0.2, 0) is 12.2 Å². The average Bonchev–Trinajstić information content (AvgIpc) is 2.65. The Bertz CT molecular complexity index is 795. The Morgan fingerprint density at radius 3 is 2.62 bits per heavy atom. The summed E-state index contributed by atoms with van der Waals surface area (Å²) in [6.07, 6.45) is -2.87. The van der Waals surface area contributed by atoms with Gasteiger partial charge in [0.25, 0.3) is 0 Å². The zero-order valence-corrected chi connectivity index (χ0v) is 14.5. The van der Waals surface area contributed by atoms with Crippen LogP contribution in [0, 0.1) is 5.92 Å². The SMILES string of the molecule is [2H]C([2H])([2H])C([2H])([2H])[C@](O)(c1cccc(OCc2ccccc2)c1)[C@@H](C)CN(C)C. The van der Waals surface area contributed by atoms with Crippen LogP contribution >= 0.6 is 0 Å². The molecule has 1 N–H and O–H groups in total. The van der Waals surface area contributed by atoms with Crippen molar-refractivity contribution in [2.45, 2.75) is 32.4 Å². The molecule has 0 heterocycles. The fourth-order valence-electron chi connectivity index (χ4n) is 2.72. The van der Waals surface area contributed by atoms with Gasteiger partial charge in [0.15, 0.2) is 0 Å². The Balaban J connectivity index is 2.43. The Morgan fingerprint density at radius 2 is 1.96 bits per heavy atom. The van der Waals surface area contributed by atoms with Crippen molar-refractivity contribution in [3.8, 4) is 5.75 Å². The van der Waals surface area contributed by atoms with Crippen LogP contribution in [0.15, 0.2) is 54.6 Å². The van der Waals surface area contributed by atoms with E-state index in [1.807, 2.05) is 30.3 Å². The van der Waals surface area contributed by atoms with Gasteiger partial charge in [-0.05, 0) is 43.7 Å². The lowest BCUT2D eigenvalue weighted by Crippen LogP contribution is -2.38. The maximum Gasteiger partial charge on any atom is 0.120 e. The maximum absolute atomic E-state index is 11.6. The molecule has 2 aromatic carbocycles. The monoisotopic (exact) mass is 332 g/mol. The lowest BCUT2D eigenvalue weighted by atomic mass is 9.80. The number of benzene rings is 2. The van der Waals surface area contributed by atoms with Crippen molar-refractivity contribution in [1.29, 1.82) is 0 Å². The average molecular weight is 332 g/mol. The number of hydrogen-bond acceptors (Lipinski definition) is 3. The largest absolute Gasteiger partial charge is 0.489 e. The molecule has 0 unspecified atom stereocenters. The molecule has 24 heavy (non-hydrogen) atoms. The minimum atomic E-state index is -3.01. The highest BCUT2D eigenvalue weighted by Crippen LogP contribution is 2.35. The topological polar surface area (TPSA) is 32.7 Å². The van der Waals surface area contributed by atoms with Gasteiger partial charge in [-0.2, -0.15) is 0 Å². The summed E-state index contributed by atoms with van der Waals surface area (Å²) in [5.74, 6) is -0.263. The fourth-order valence-corrected chi connectivity index (χ4v) is 2.72. The third-order valence-corrected chi connectivity index (χ3v) is 4.07. The zero-order chi connectivity index (χ0) is 21.9. The van der Waals surface area contributed by atoms with E-state index in [-0.39, 0.29) is 5.56 Å². The predicted octanol–water partition coefficient (Wildman–Crippen LogP) is 4.06. The second kappa shape index (κ2) is 8.32. The molecule has 2 rings (SSSR count). The molecule has 0 aliphatic heterocycles. The molecular formula is C21H29NO2. The first-order valence-electron chi connectivity index (χ1n) is 10.5. The summed E-state index contributed by atoms with van der Waals surface area (Å²) in [5.41, 5.74) is -1.10. The van der Waals surface area contributed by atoms with Crippen LogP contribution < -0.4 is 4.74 Å². The molecule has 0 saturated carbocycles. The first-order chi connectivity index (χ1) is 13.4. The molecule has 0 aliphatic rings. The second-order valence-electron chi connectivity index (χ2n) is 6.36. The smallest absolute Gasteiger partial charge is 0.120 e. The quantitative estimate of drug-likeness (QED) is 0.791. The molecule has 130 valence electrons. The van der Waals surface area contributed by atoms with E-state index < -0.39 is 24.7 Å². The van der Waals surface area contributed by atoms with Crippen LogP contribution in [0.5, 0.6) is 5.75 Å². The van der Waals surface area contributed by atoms with Crippen molar-refractivity contribution in [2.75, 3.05) is 20.6 Å². The summed E-state index contributed by atoms with van der Waals surface area (Å²) < 4.78 is 45.6. The van der Waals surface area contributed by atoms with E-state index in [1.165, 1.54) is 6.07 Å². The summed E-state index contributed by atoms with van der Waals surface area (Å²) in [5, 5.41) is 11.6. The van der Waals surface area contributed by atoms with E-state index in [9.17, 15) is 5.11 Å². The van der Waals surface area contributed by atoms with E-state index in [4.69, 9.17) is 11.6 Å². The van der Waals surface area contributed by atoms with E-state index in [2.05, 4.69) is 0 Å². The maximum atomic E-state index is 11.6. The first kappa shape index (κ1) is 12.5. The highest BCUT2D eigenvalue weighted by atomic mass is 16.5. The molecule has 0 amide bonds. The van der Waals surface area contributed by atoms with Gasteiger partial charge in [-0.3, -0.25) is 0 Å². The van der Waals surface area contributed by atoms with E-state index in [0.717, 1.165) is 5.56 Å². The van der Waals surface area contributed by atoms with Gasteiger partial charge in [0.2, 0.25) is 0 Å². The molecule has 3 heteroatoms. The molecule has 2 atom stereocenters. The first-order valence-corrected chi connectivity index (χ1v) is 8.04. The van der Waals surface area contributed by atoms with Crippen molar-refractivity contribution >= 4 is 0 Å². The molecule has 3 nitrogen and oxygen atoms in total. The van der Waals surface area contributed by atoms with Crippen LogP contribution in [-0.4, -0.2) is 30.6 Å². The lowest BCUT2D eigenvalue weighted by Gasteiger charge is -2.35. The van der Waals surface area contributed by atoms with Crippen molar-refractivity contribution in [2.24, 2.45) is 5.92 Å². The molecule has 0 aliphatic carbocycles. The molecular weight excluding hydrogens is 298 g/mol. The zero-order valence-electron chi connectivity index (χ0n) is 19.5. The van der Waals surface area contributed by atoms with Gasteiger partial charge in [0.1, 0.15) is 12.4 Å². The van der Waals surface area contributed by atoms with Crippen LogP contribution in [0.1, 0.15) is 38.1 Å². The lowest BCUT2D eigenvalue weighted by molar-refractivity contribution is -0.0293. The number of hydrogen-bond donors (Lipinski definition) is 1. The van der Waals surface area contributed by atoms with Gasteiger partial charge in [-0.25, -0.2) is 0 Å². The second-order valence-corrected chi connectivity index (χ2v) is 6.36. The summed E-state index contributed by atoms with van der Waals surface area (Å²) >= 11 is 0. The van der Waals surface area contributed by atoms with Crippen LogP contribution in [0.25, 0.3) is 0 Å². The minimum absolute atomic E-state index is 0.179. The highest BCUT2D eigenvalue weighted by molar-refractivity contribution is 5.33. The minimum Gasteiger partial charge on any atom is -0.489 e.